The van der Waals surface area contributed by atoms with Crippen LogP contribution in [-0.2, 0) is 0 Å². The van der Waals surface area contributed by atoms with Crippen molar-refractivity contribution in [1.29, 1.82) is 0 Å². The summed E-state index contributed by atoms with van der Waals surface area (Å²) in [4.78, 5) is 2.50. The van der Waals surface area contributed by atoms with Gasteiger partial charge in [-0.3, -0.25) is 0 Å². The summed E-state index contributed by atoms with van der Waals surface area (Å²) in [5.41, 5.74) is 15.6. The molecule has 2 heteroatoms. The molecule has 0 unspecified atom stereocenters. The molecule has 0 aliphatic rings. The lowest BCUT2D eigenvalue weighted by Gasteiger charge is -2.29. The van der Waals surface area contributed by atoms with Crippen molar-refractivity contribution in [3.05, 3.63) is 261 Å². The molecular formula is C66H43NS. The summed E-state index contributed by atoms with van der Waals surface area (Å²) in [6, 6.07) is 95.7. The first-order valence-corrected chi connectivity index (χ1v) is 24.1. The second-order valence-corrected chi connectivity index (χ2v) is 18.6. The smallest absolute Gasteiger partial charge is 0.0641 e. The molecule has 13 aromatic rings. The SMILES string of the molecule is c1ccc(-c2ccc(N(c3ccc(-c4cccc5ccccc45)c4ccccc34)c3ccc(-c4ccc(-c5cccc6cccc(-c7ccccc7)c56)cc4)c4c3sc3ccccc34)cc2)cc1. The summed E-state index contributed by atoms with van der Waals surface area (Å²) in [6.07, 6.45) is 0. The quantitative estimate of drug-likeness (QED) is 0.147. The highest BCUT2D eigenvalue weighted by atomic mass is 32.1. The third kappa shape index (κ3) is 6.77. The van der Waals surface area contributed by atoms with E-state index in [1.807, 2.05) is 11.3 Å². The van der Waals surface area contributed by atoms with Crippen LogP contribution in [0.1, 0.15) is 0 Å². The third-order valence-corrected chi connectivity index (χ3v) is 14.9. The summed E-state index contributed by atoms with van der Waals surface area (Å²) in [6.45, 7) is 0. The molecule has 0 saturated heterocycles. The second-order valence-electron chi connectivity index (χ2n) is 17.5. The Morgan fingerprint density at radius 1 is 0.250 bits per heavy atom. The molecule has 1 aromatic heterocycles. The zero-order chi connectivity index (χ0) is 45.0. The summed E-state index contributed by atoms with van der Waals surface area (Å²) >= 11 is 1.88. The van der Waals surface area contributed by atoms with E-state index in [-0.39, 0.29) is 0 Å². The molecule has 0 radical (unpaired) electrons. The summed E-state index contributed by atoms with van der Waals surface area (Å²) < 4.78 is 2.52. The third-order valence-electron chi connectivity index (χ3n) is 13.7. The molecule has 0 aliphatic carbocycles. The second kappa shape index (κ2) is 16.7. The van der Waals surface area contributed by atoms with Gasteiger partial charge in [-0.25, -0.2) is 0 Å². The van der Waals surface area contributed by atoms with Crippen molar-refractivity contribution in [1.82, 2.24) is 0 Å². The van der Waals surface area contributed by atoms with E-state index in [0.717, 1.165) is 17.1 Å². The van der Waals surface area contributed by atoms with Crippen molar-refractivity contribution in [2.75, 3.05) is 4.90 Å². The maximum atomic E-state index is 2.50. The first kappa shape index (κ1) is 39.8. The minimum atomic E-state index is 1.11. The monoisotopic (exact) mass is 881 g/mol. The van der Waals surface area contributed by atoms with E-state index < -0.39 is 0 Å². The molecular weight excluding hydrogens is 839 g/mol. The average molecular weight is 882 g/mol. The van der Waals surface area contributed by atoms with Crippen LogP contribution in [0.2, 0.25) is 0 Å². The van der Waals surface area contributed by atoms with Crippen molar-refractivity contribution in [2.24, 2.45) is 0 Å². The van der Waals surface area contributed by atoms with E-state index >= 15 is 0 Å². The van der Waals surface area contributed by atoms with Crippen molar-refractivity contribution >= 4 is 80.9 Å². The highest BCUT2D eigenvalue weighted by Gasteiger charge is 2.24. The van der Waals surface area contributed by atoms with Gasteiger partial charge in [0.05, 0.1) is 16.1 Å². The molecule has 68 heavy (non-hydrogen) atoms. The van der Waals surface area contributed by atoms with Crippen LogP contribution in [0.5, 0.6) is 0 Å². The Morgan fingerprint density at radius 2 is 0.706 bits per heavy atom. The Kier molecular flexibility index (Phi) is 9.77. The molecule has 13 rings (SSSR count). The van der Waals surface area contributed by atoms with Crippen molar-refractivity contribution in [3.63, 3.8) is 0 Å². The Bertz CT molecular complexity index is 3990. The van der Waals surface area contributed by atoms with Crippen LogP contribution >= 0.6 is 11.3 Å². The van der Waals surface area contributed by atoms with Gasteiger partial charge in [0.2, 0.25) is 0 Å². The maximum Gasteiger partial charge on any atom is 0.0641 e. The van der Waals surface area contributed by atoms with Gasteiger partial charge in [0.15, 0.2) is 0 Å². The minimum absolute atomic E-state index is 1.11. The van der Waals surface area contributed by atoms with Gasteiger partial charge in [0.1, 0.15) is 0 Å². The molecule has 0 N–H and O–H groups in total. The van der Waals surface area contributed by atoms with Crippen LogP contribution in [0.25, 0.3) is 108 Å². The normalized spacial score (nSPS) is 11.5. The maximum absolute atomic E-state index is 2.50. The van der Waals surface area contributed by atoms with Crippen LogP contribution in [0.4, 0.5) is 17.1 Å². The number of hydrogen-bond donors (Lipinski definition) is 0. The summed E-state index contributed by atoms with van der Waals surface area (Å²) in [7, 11) is 0. The average Bonchev–Trinajstić information content (AvgIpc) is 3.81. The lowest BCUT2D eigenvalue weighted by atomic mass is 9.90. The van der Waals surface area contributed by atoms with Gasteiger partial charge >= 0.3 is 0 Å². The minimum Gasteiger partial charge on any atom is -0.308 e. The number of nitrogens with zero attached hydrogens (tertiary/aromatic N) is 1. The predicted molar refractivity (Wildman–Crippen MR) is 294 cm³/mol. The highest BCUT2D eigenvalue weighted by molar-refractivity contribution is 7.26. The zero-order valence-electron chi connectivity index (χ0n) is 37.2. The number of fused-ring (bicyclic) bond motifs is 6. The fourth-order valence-electron chi connectivity index (χ4n) is 10.5. The largest absolute Gasteiger partial charge is 0.308 e. The van der Waals surface area contributed by atoms with Gasteiger partial charge in [-0.1, -0.05) is 231 Å². The zero-order valence-corrected chi connectivity index (χ0v) is 38.0. The molecule has 0 bridgehead atoms. The Hall–Kier alpha value is -8.56. The molecule has 318 valence electrons. The summed E-state index contributed by atoms with van der Waals surface area (Å²) in [5.74, 6) is 0. The van der Waals surface area contributed by atoms with Crippen molar-refractivity contribution < 1.29 is 0 Å². The van der Waals surface area contributed by atoms with Gasteiger partial charge in [0.25, 0.3) is 0 Å². The summed E-state index contributed by atoms with van der Waals surface area (Å²) in [5, 5.41) is 9.98. The standard InChI is InChI=1S/C66H43NS/c1-3-16-44(17-4-1)45-36-38-51(39-37-45)67(61-42-41-58(57-25-9-10-26-59(57)61)56-30-13-21-46-20-7-8-24-52(46)56)62-43-40-55(65-60-27-11-12-31-63(60)68-66(62)65)49-34-32-48(33-35-49)54-29-15-23-50-22-14-28-53(64(50)54)47-18-5-2-6-19-47/h1-43H. The molecule has 0 amide bonds. The van der Waals surface area contributed by atoms with E-state index in [0.29, 0.717) is 0 Å². The molecule has 0 fully saturated rings. The van der Waals surface area contributed by atoms with E-state index in [1.165, 1.54) is 108 Å². The van der Waals surface area contributed by atoms with Gasteiger partial charge in [0, 0.05) is 26.5 Å². The molecule has 0 atom stereocenters. The van der Waals surface area contributed by atoms with Crippen molar-refractivity contribution in [2.45, 2.75) is 0 Å². The molecule has 1 nitrogen and oxygen atoms in total. The van der Waals surface area contributed by atoms with Crippen LogP contribution in [0, 0.1) is 0 Å². The van der Waals surface area contributed by atoms with Crippen LogP contribution in [-0.4, -0.2) is 0 Å². The first-order chi connectivity index (χ1) is 33.7. The van der Waals surface area contributed by atoms with Crippen LogP contribution in [0.15, 0.2) is 261 Å². The fraction of sp³-hybridized carbons (Fsp3) is 0. The Labute approximate surface area is 400 Å². The van der Waals surface area contributed by atoms with E-state index in [1.54, 1.807) is 0 Å². The number of rotatable bonds is 8. The molecule has 0 spiro atoms. The number of anilines is 3. The molecule has 0 aliphatic heterocycles. The van der Waals surface area contributed by atoms with Gasteiger partial charge in [-0.15, -0.1) is 11.3 Å². The highest BCUT2D eigenvalue weighted by Crippen LogP contribution is 2.51. The van der Waals surface area contributed by atoms with E-state index in [4.69, 9.17) is 0 Å². The molecule has 12 aromatic carbocycles. The van der Waals surface area contributed by atoms with Gasteiger partial charge in [-0.2, -0.15) is 0 Å². The van der Waals surface area contributed by atoms with Crippen LogP contribution in [0.3, 0.4) is 0 Å². The van der Waals surface area contributed by atoms with Crippen molar-refractivity contribution in [3.8, 4) is 55.6 Å². The first-order valence-electron chi connectivity index (χ1n) is 23.3. The topological polar surface area (TPSA) is 3.24 Å². The predicted octanol–water partition coefficient (Wildman–Crippen LogP) is 19.3. The molecule has 0 saturated carbocycles. The van der Waals surface area contributed by atoms with Crippen LogP contribution < -0.4 is 4.90 Å². The van der Waals surface area contributed by atoms with E-state index in [9.17, 15) is 0 Å². The number of thiophene rings is 1. The fourth-order valence-corrected chi connectivity index (χ4v) is 11.7. The Morgan fingerprint density at radius 3 is 1.41 bits per heavy atom. The molecule has 1 heterocycles. The lowest BCUT2D eigenvalue weighted by Crippen LogP contribution is -2.11. The van der Waals surface area contributed by atoms with Gasteiger partial charge in [-0.05, 0) is 113 Å². The lowest BCUT2D eigenvalue weighted by molar-refractivity contribution is 1.32. The van der Waals surface area contributed by atoms with E-state index in [2.05, 4.69) is 266 Å². The number of hydrogen-bond acceptors (Lipinski definition) is 2. The number of benzene rings is 12. The van der Waals surface area contributed by atoms with Gasteiger partial charge < -0.3 is 4.90 Å². The Balaban J connectivity index is 0.997.